The van der Waals surface area contributed by atoms with Crippen LogP contribution >= 0.6 is 0 Å². The average molecular weight is 242 g/mol. The van der Waals surface area contributed by atoms with Gasteiger partial charge in [-0.05, 0) is 12.1 Å². The van der Waals surface area contributed by atoms with E-state index < -0.39 is 6.10 Å². The Morgan fingerprint density at radius 2 is 2.22 bits per heavy atom. The molecule has 0 amide bonds. The molecule has 18 heavy (non-hydrogen) atoms. The number of pyridine rings is 1. The van der Waals surface area contributed by atoms with Gasteiger partial charge in [0.2, 0.25) is 0 Å². The summed E-state index contributed by atoms with van der Waals surface area (Å²) in [6, 6.07) is 5.78. The third-order valence-corrected chi connectivity index (χ3v) is 3.02. The Balaban J connectivity index is 1.88. The molecule has 0 saturated carbocycles. The maximum atomic E-state index is 10.2. The molecule has 0 saturated heterocycles. The monoisotopic (exact) mass is 242 g/mol. The lowest BCUT2D eigenvalue weighted by molar-refractivity contribution is 0.170. The van der Waals surface area contributed by atoms with Crippen LogP contribution in [0.1, 0.15) is 17.6 Å². The van der Waals surface area contributed by atoms with Crippen LogP contribution in [0.4, 0.5) is 0 Å². The van der Waals surface area contributed by atoms with Crippen molar-refractivity contribution >= 4 is 5.65 Å². The number of aliphatic hydroxyl groups excluding tert-OH is 1. The van der Waals surface area contributed by atoms with Crippen LogP contribution in [0.5, 0.6) is 0 Å². The summed E-state index contributed by atoms with van der Waals surface area (Å²) in [5, 5.41) is 10.2. The molecule has 3 aromatic heterocycles. The highest BCUT2D eigenvalue weighted by Crippen LogP contribution is 2.17. The van der Waals surface area contributed by atoms with E-state index in [2.05, 4.69) is 9.97 Å². The quantitative estimate of drug-likeness (QED) is 0.754. The average Bonchev–Trinajstić information content (AvgIpc) is 2.96. The fourth-order valence-corrected chi connectivity index (χ4v) is 1.99. The number of aliphatic hydroxyl groups is 1. The van der Waals surface area contributed by atoms with Gasteiger partial charge in [0.1, 0.15) is 17.6 Å². The van der Waals surface area contributed by atoms with Gasteiger partial charge >= 0.3 is 0 Å². The molecule has 1 atom stereocenters. The summed E-state index contributed by atoms with van der Waals surface area (Å²) in [5.41, 5.74) is 1.51. The summed E-state index contributed by atoms with van der Waals surface area (Å²) < 4.78 is 3.80. The molecule has 3 aromatic rings. The smallest absolute Gasteiger partial charge is 0.137 e. The Hall–Kier alpha value is -2.14. The zero-order valence-corrected chi connectivity index (χ0v) is 10.1. The van der Waals surface area contributed by atoms with Crippen molar-refractivity contribution in [1.29, 1.82) is 0 Å². The molecular formula is C13H14N4O. The number of fused-ring (bicyclic) bond motifs is 1. The molecule has 1 unspecified atom stereocenters. The van der Waals surface area contributed by atoms with Gasteiger partial charge in [0.15, 0.2) is 0 Å². The molecule has 3 heterocycles. The van der Waals surface area contributed by atoms with Crippen molar-refractivity contribution in [3.8, 4) is 0 Å². The number of hydrogen-bond acceptors (Lipinski definition) is 3. The number of hydrogen-bond donors (Lipinski definition) is 1. The van der Waals surface area contributed by atoms with Crippen LogP contribution in [0.3, 0.4) is 0 Å². The first-order valence-electron chi connectivity index (χ1n) is 5.82. The van der Waals surface area contributed by atoms with E-state index in [0.717, 1.165) is 11.5 Å². The third kappa shape index (κ3) is 1.89. The van der Waals surface area contributed by atoms with Crippen LogP contribution in [0.25, 0.3) is 5.65 Å². The van der Waals surface area contributed by atoms with E-state index >= 15 is 0 Å². The Kier molecular flexibility index (Phi) is 2.60. The van der Waals surface area contributed by atoms with Gasteiger partial charge in [-0.1, -0.05) is 6.07 Å². The first-order chi connectivity index (χ1) is 8.74. The fraction of sp³-hybridized carbons (Fsp3) is 0.231. The maximum Gasteiger partial charge on any atom is 0.137 e. The summed E-state index contributed by atoms with van der Waals surface area (Å²) in [6.45, 7) is 0. The molecule has 5 nitrogen and oxygen atoms in total. The number of aromatic nitrogens is 4. The van der Waals surface area contributed by atoms with E-state index in [-0.39, 0.29) is 0 Å². The van der Waals surface area contributed by atoms with Crippen LogP contribution in [0.2, 0.25) is 0 Å². The Morgan fingerprint density at radius 3 is 2.94 bits per heavy atom. The zero-order valence-electron chi connectivity index (χ0n) is 10.1. The van der Waals surface area contributed by atoms with E-state index in [0.29, 0.717) is 12.1 Å². The highest BCUT2D eigenvalue weighted by molar-refractivity contribution is 5.39. The fourth-order valence-electron chi connectivity index (χ4n) is 1.99. The summed E-state index contributed by atoms with van der Waals surface area (Å²) in [6.07, 6.45) is 7.19. The topological polar surface area (TPSA) is 55.3 Å². The molecule has 0 fully saturated rings. The standard InChI is InChI=1S/C13H14N4O/c1-16-7-5-14-13(16)8-11(18)10-9-17-6-3-2-4-12(17)15-10/h2-7,9,11,18H,8H2,1H3. The normalized spacial score (nSPS) is 13.0. The van der Waals surface area contributed by atoms with Crippen molar-refractivity contribution in [2.24, 2.45) is 7.05 Å². The predicted octanol–water partition coefficient (Wildman–Crippen LogP) is 1.34. The van der Waals surface area contributed by atoms with Crippen LogP contribution in [0, 0.1) is 0 Å². The second-order valence-electron chi connectivity index (χ2n) is 4.31. The van der Waals surface area contributed by atoms with Gasteiger partial charge in [0.05, 0.1) is 5.69 Å². The zero-order chi connectivity index (χ0) is 12.5. The predicted molar refractivity (Wildman–Crippen MR) is 67.1 cm³/mol. The van der Waals surface area contributed by atoms with Crippen molar-refractivity contribution in [3.63, 3.8) is 0 Å². The van der Waals surface area contributed by atoms with Crippen molar-refractivity contribution in [2.45, 2.75) is 12.5 Å². The molecular weight excluding hydrogens is 228 g/mol. The summed E-state index contributed by atoms with van der Waals surface area (Å²) in [7, 11) is 1.92. The molecule has 5 heteroatoms. The number of rotatable bonds is 3. The van der Waals surface area contributed by atoms with Gasteiger partial charge < -0.3 is 14.1 Å². The lowest BCUT2D eigenvalue weighted by Crippen LogP contribution is -2.06. The second-order valence-corrected chi connectivity index (χ2v) is 4.31. The van der Waals surface area contributed by atoms with E-state index in [1.54, 1.807) is 6.20 Å². The van der Waals surface area contributed by atoms with Crippen LogP contribution < -0.4 is 0 Å². The minimum atomic E-state index is -0.633. The molecule has 0 aliphatic carbocycles. The van der Waals surface area contributed by atoms with Crippen molar-refractivity contribution in [3.05, 3.63) is 54.5 Å². The molecule has 0 aliphatic heterocycles. The lowest BCUT2D eigenvalue weighted by Gasteiger charge is -2.07. The molecule has 0 bridgehead atoms. The van der Waals surface area contributed by atoms with E-state index in [4.69, 9.17) is 0 Å². The summed E-state index contributed by atoms with van der Waals surface area (Å²) in [5.74, 6) is 0.847. The van der Waals surface area contributed by atoms with Crippen molar-refractivity contribution in [2.75, 3.05) is 0 Å². The largest absolute Gasteiger partial charge is 0.386 e. The van der Waals surface area contributed by atoms with Crippen LogP contribution in [0.15, 0.2) is 43.0 Å². The van der Waals surface area contributed by atoms with E-state index in [9.17, 15) is 5.11 Å². The third-order valence-electron chi connectivity index (χ3n) is 3.02. The first-order valence-corrected chi connectivity index (χ1v) is 5.82. The minimum absolute atomic E-state index is 0.466. The Labute approximate surface area is 104 Å². The highest BCUT2D eigenvalue weighted by Gasteiger charge is 2.14. The molecule has 0 aromatic carbocycles. The van der Waals surface area contributed by atoms with Crippen LogP contribution in [-0.2, 0) is 13.5 Å². The molecule has 0 radical (unpaired) electrons. The van der Waals surface area contributed by atoms with Gasteiger partial charge in [0, 0.05) is 38.3 Å². The minimum Gasteiger partial charge on any atom is -0.386 e. The van der Waals surface area contributed by atoms with Crippen LogP contribution in [-0.4, -0.2) is 24.0 Å². The van der Waals surface area contributed by atoms with Crippen molar-refractivity contribution in [1.82, 2.24) is 18.9 Å². The van der Waals surface area contributed by atoms with Gasteiger partial charge in [0.25, 0.3) is 0 Å². The Bertz CT molecular complexity index is 637. The van der Waals surface area contributed by atoms with Gasteiger partial charge in [-0.25, -0.2) is 9.97 Å². The molecule has 0 aliphatic rings. The first kappa shape index (κ1) is 11.0. The lowest BCUT2D eigenvalue weighted by atomic mass is 10.2. The molecule has 0 spiro atoms. The SMILES string of the molecule is Cn1ccnc1CC(O)c1cn2ccccc2n1. The van der Waals surface area contributed by atoms with Gasteiger partial charge in [-0.3, -0.25) is 0 Å². The van der Waals surface area contributed by atoms with Crippen molar-refractivity contribution < 1.29 is 5.11 Å². The van der Waals surface area contributed by atoms with Gasteiger partial charge in [-0.15, -0.1) is 0 Å². The van der Waals surface area contributed by atoms with E-state index in [1.807, 2.05) is 52.8 Å². The highest BCUT2D eigenvalue weighted by atomic mass is 16.3. The number of imidazole rings is 2. The second kappa shape index (κ2) is 4.27. The molecule has 3 rings (SSSR count). The molecule has 92 valence electrons. The maximum absolute atomic E-state index is 10.2. The summed E-state index contributed by atoms with van der Waals surface area (Å²) in [4.78, 5) is 8.60. The van der Waals surface area contributed by atoms with Gasteiger partial charge in [-0.2, -0.15) is 0 Å². The number of nitrogens with zero attached hydrogens (tertiary/aromatic N) is 4. The number of aryl methyl sites for hydroxylation is 1. The summed E-state index contributed by atoms with van der Waals surface area (Å²) >= 11 is 0. The van der Waals surface area contributed by atoms with E-state index in [1.165, 1.54) is 0 Å². The molecule has 1 N–H and O–H groups in total. The Morgan fingerprint density at radius 1 is 1.33 bits per heavy atom.